The van der Waals surface area contributed by atoms with Crippen molar-refractivity contribution in [2.24, 2.45) is 11.8 Å². The Balaban J connectivity index is 2.26. The normalized spacial score (nSPS) is 35.0. The number of fused-ring (bicyclic) bond motifs is 1. The van der Waals surface area contributed by atoms with E-state index in [-0.39, 0.29) is 0 Å². The van der Waals surface area contributed by atoms with E-state index < -0.39 is 0 Å². The highest BCUT2D eigenvalue weighted by Crippen LogP contribution is 2.41. The van der Waals surface area contributed by atoms with Crippen molar-refractivity contribution in [2.75, 3.05) is 0 Å². The van der Waals surface area contributed by atoms with Gasteiger partial charge >= 0.3 is 0 Å². The van der Waals surface area contributed by atoms with Gasteiger partial charge in [0, 0.05) is 0 Å². The Morgan fingerprint density at radius 3 is 1.75 bits per heavy atom. The fourth-order valence-electron chi connectivity index (χ4n) is 2.48. The first-order chi connectivity index (χ1) is 5.79. The lowest BCUT2D eigenvalue weighted by Crippen LogP contribution is -2.23. The summed E-state index contributed by atoms with van der Waals surface area (Å²) in [5.74, 6) is 1.44. The SMILES string of the molecule is C=C1C=CC(=C)C2CCCCC12. The second kappa shape index (κ2) is 2.93. The molecule has 0 nitrogen and oxygen atoms in total. The third-order valence-electron chi connectivity index (χ3n) is 3.23. The largest absolute Gasteiger partial charge is 0.0955 e. The maximum absolute atomic E-state index is 4.11. The van der Waals surface area contributed by atoms with E-state index in [2.05, 4.69) is 25.3 Å². The van der Waals surface area contributed by atoms with Crippen LogP contribution >= 0.6 is 0 Å². The highest BCUT2D eigenvalue weighted by molar-refractivity contribution is 5.35. The molecule has 12 heavy (non-hydrogen) atoms. The fraction of sp³-hybridized carbons (Fsp3) is 0.500. The molecule has 2 rings (SSSR count). The molecule has 0 spiro atoms. The average molecular weight is 160 g/mol. The molecule has 1 fully saturated rings. The molecular formula is C12H16. The molecular weight excluding hydrogens is 144 g/mol. The lowest BCUT2D eigenvalue weighted by molar-refractivity contribution is 0.315. The lowest BCUT2D eigenvalue weighted by atomic mass is 9.70. The fourth-order valence-corrected chi connectivity index (χ4v) is 2.48. The second-order valence-electron chi connectivity index (χ2n) is 3.98. The van der Waals surface area contributed by atoms with Crippen molar-refractivity contribution >= 4 is 0 Å². The minimum atomic E-state index is 0.719. The van der Waals surface area contributed by atoms with Crippen LogP contribution < -0.4 is 0 Å². The molecule has 0 saturated heterocycles. The maximum Gasteiger partial charge on any atom is -0.00992 e. The molecule has 1 saturated carbocycles. The van der Waals surface area contributed by atoms with Crippen LogP contribution in [0.15, 0.2) is 36.5 Å². The van der Waals surface area contributed by atoms with Crippen LogP contribution in [0.2, 0.25) is 0 Å². The molecule has 2 aliphatic carbocycles. The van der Waals surface area contributed by atoms with Gasteiger partial charge in [0.25, 0.3) is 0 Å². The van der Waals surface area contributed by atoms with Crippen molar-refractivity contribution < 1.29 is 0 Å². The Hall–Kier alpha value is -0.780. The van der Waals surface area contributed by atoms with Crippen molar-refractivity contribution in [2.45, 2.75) is 25.7 Å². The molecule has 0 aliphatic heterocycles. The molecule has 0 aromatic rings. The topological polar surface area (TPSA) is 0 Å². The number of hydrogen-bond donors (Lipinski definition) is 0. The minimum Gasteiger partial charge on any atom is -0.0955 e. The standard InChI is InChI=1S/C12H16/c1-9-7-8-10(2)12-6-4-3-5-11(9)12/h7-8,11-12H,1-6H2. The molecule has 0 aromatic heterocycles. The van der Waals surface area contributed by atoms with Gasteiger partial charge in [0.1, 0.15) is 0 Å². The van der Waals surface area contributed by atoms with Gasteiger partial charge < -0.3 is 0 Å². The van der Waals surface area contributed by atoms with E-state index in [9.17, 15) is 0 Å². The van der Waals surface area contributed by atoms with Gasteiger partial charge in [-0.05, 0) is 24.7 Å². The molecule has 2 aliphatic rings. The van der Waals surface area contributed by atoms with Crippen molar-refractivity contribution in [1.82, 2.24) is 0 Å². The monoisotopic (exact) mass is 160 g/mol. The van der Waals surface area contributed by atoms with Gasteiger partial charge in [-0.2, -0.15) is 0 Å². The van der Waals surface area contributed by atoms with E-state index in [4.69, 9.17) is 0 Å². The second-order valence-corrected chi connectivity index (χ2v) is 3.98. The van der Waals surface area contributed by atoms with Gasteiger partial charge in [0.15, 0.2) is 0 Å². The molecule has 2 unspecified atom stereocenters. The zero-order chi connectivity index (χ0) is 8.55. The summed E-state index contributed by atoms with van der Waals surface area (Å²) in [6.45, 7) is 8.21. The highest BCUT2D eigenvalue weighted by atomic mass is 14.3. The number of rotatable bonds is 0. The Bertz CT molecular complexity index is 219. The summed E-state index contributed by atoms with van der Waals surface area (Å²) in [4.78, 5) is 0. The maximum atomic E-state index is 4.11. The summed E-state index contributed by atoms with van der Waals surface area (Å²) in [6, 6.07) is 0. The van der Waals surface area contributed by atoms with E-state index in [1.165, 1.54) is 36.8 Å². The molecule has 2 atom stereocenters. The van der Waals surface area contributed by atoms with E-state index in [1.54, 1.807) is 0 Å². The first kappa shape index (κ1) is 7.85. The van der Waals surface area contributed by atoms with E-state index in [1.807, 2.05) is 0 Å². The molecule has 0 N–H and O–H groups in total. The molecule has 0 amide bonds. The minimum absolute atomic E-state index is 0.719. The van der Waals surface area contributed by atoms with Gasteiger partial charge in [-0.3, -0.25) is 0 Å². The third kappa shape index (κ3) is 1.16. The van der Waals surface area contributed by atoms with Crippen molar-refractivity contribution in [3.8, 4) is 0 Å². The van der Waals surface area contributed by atoms with E-state index in [0.717, 1.165) is 11.8 Å². The molecule has 64 valence electrons. The van der Waals surface area contributed by atoms with Gasteiger partial charge in [0.05, 0.1) is 0 Å². The lowest BCUT2D eigenvalue weighted by Gasteiger charge is -2.35. The predicted octanol–water partition coefficient (Wildman–Crippen LogP) is 3.48. The average Bonchev–Trinajstić information content (AvgIpc) is 2.12. The van der Waals surface area contributed by atoms with Gasteiger partial charge in [-0.25, -0.2) is 0 Å². The Labute approximate surface area is 74.7 Å². The molecule has 0 radical (unpaired) electrons. The summed E-state index contributed by atoms with van der Waals surface area (Å²) >= 11 is 0. The summed E-state index contributed by atoms with van der Waals surface area (Å²) in [5, 5.41) is 0. The van der Waals surface area contributed by atoms with Crippen LogP contribution in [0.5, 0.6) is 0 Å². The van der Waals surface area contributed by atoms with Gasteiger partial charge in [-0.15, -0.1) is 0 Å². The Morgan fingerprint density at radius 2 is 1.33 bits per heavy atom. The van der Waals surface area contributed by atoms with Crippen molar-refractivity contribution in [1.29, 1.82) is 0 Å². The van der Waals surface area contributed by atoms with E-state index >= 15 is 0 Å². The smallest absolute Gasteiger partial charge is 0.00992 e. The molecule has 0 heteroatoms. The first-order valence-electron chi connectivity index (χ1n) is 4.84. The van der Waals surface area contributed by atoms with Crippen LogP contribution in [0.25, 0.3) is 0 Å². The summed E-state index contributed by atoms with van der Waals surface area (Å²) in [5.41, 5.74) is 2.65. The summed E-state index contributed by atoms with van der Waals surface area (Å²) in [7, 11) is 0. The van der Waals surface area contributed by atoms with Crippen LogP contribution in [-0.4, -0.2) is 0 Å². The Morgan fingerprint density at radius 1 is 0.917 bits per heavy atom. The quantitative estimate of drug-likeness (QED) is 0.509. The predicted molar refractivity (Wildman–Crippen MR) is 52.9 cm³/mol. The van der Waals surface area contributed by atoms with Gasteiger partial charge in [-0.1, -0.05) is 49.3 Å². The highest BCUT2D eigenvalue weighted by Gasteiger charge is 2.29. The zero-order valence-electron chi connectivity index (χ0n) is 7.55. The third-order valence-corrected chi connectivity index (χ3v) is 3.23. The van der Waals surface area contributed by atoms with Crippen LogP contribution in [0, 0.1) is 11.8 Å². The van der Waals surface area contributed by atoms with Crippen LogP contribution in [0.4, 0.5) is 0 Å². The van der Waals surface area contributed by atoms with Gasteiger partial charge in [0.2, 0.25) is 0 Å². The molecule has 0 aromatic carbocycles. The zero-order valence-corrected chi connectivity index (χ0v) is 7.55. The van der Waals surface area contributed by atoms with E-state index in [0.29, 0.717) is 0 Å². The van der Waals surface area contributed by atoms with Crippen LogP contribution in [0.3, 0.4) is 0 Å². The molecule has 0 bridgehead atoms. The van der Waals surface area contributed by atoms with Crippen molar-refractivity contribution in [3.05, 3.63) is 36.5 Å². The molecule has 0 heterocycles. The summed E-state index contributed by atoms with van der Waals surface area (Å²) in [6.07, 6.45) is 9.70. The Kier molecular flexibility index (Phi) is 1.92. The summed E-state index contributed by atoms with van der Waals surface area (Å²) < 4.78 is 0. The first-order valence-corrected chi connectivity index (χ1v) is 4.84. The number of allylic oxidation sites excluding steroid dienone is 4. The van der Waals surface area contributed by atoms with Crippen LogP contribution in [-0.2, 0) is 0 Å². The number of hydrogen-bond acceptors (Lipinski definition) is 0. The van der Waals surface area contributed by atoms with Crippen LogP contribution in [0.1, 0.15) is 25.7 Å². The van der Waals surface area contributed by atoms with Crippen molar-refractivity contribution in [3.63, 3.8) is 0 Å².